The van der Waals surface area contributed by atoms with Crippen LogP contribution >= 0.6 is 0 Å². The second-order valence-electron chi connectivity index (χ2n) is 6.97. The van der Waals surface area contributed by atoms with E-state index in [1.165, 1.54) is 6.42 Å². The highest BCUT2D eigenvalue weighted by Gasteiger charge is 2.46. The van der Waals surface area contributed by atoms with Gasteiger partial charge < -0.3 is 10.0 Å². The normalized spacial score (nSPS) is 22.5. The Kier molecular flexibility index (Phi) is 4.69. The Bertz CT molecular complexity index is 660. The maximum Gasteiger partial charge on any atom is 0.290 e. The Morgan fingerprint density at radius 1 is 1.29 bits per heavy atom. The first-order chi connectivity index (χ1) is 11.5. The summed E-state index contributed by atoms with van der Waals surface area (Å²) in [7, 11) is 0. The van der Waals surface area contributed by atoms with Crippen LogP contribution < -0.4 is 0 Å². The number of carbonyl (C=O) groups excluding carboxylic acids is 2. The standard InChI is InChI=1S/C19H24N2O3/c1-12(2)17(22)15-16(13-7-6-10-20-11-13)21(19(24)18(15)23)14-8-4-3-5-9-14/h6-7,10-12,14,16,23H,3-5,8-9H2,1-2H3. The Morgan fingerprint density at radius 3 is 2.58 bits per heavy atom. The predicted octanol–water partition coefficient (Wildman–Crippen LogP) is 3.33. The topological polar surface area (TPSA) is 70.5 Å². The van der Waals surface area contributed by atoms with Crippen LogP contribution in [0.1, 0.15) is 57.6 Å². The molecule has 1 saturated carbocycles. The van der Waals surface area contributed by atoms with E-state index >= 15 is 0 Å². The first-order valence-corrected chi connectivity index (χ1v) is 8.72. The molecule has 24 heavy (non-hydrogen) atoms. The number of aromatic nitrogens is 1. The smallest absolute Gasteiger partial charge is 0.290 e. The fourth-order valence-electron chi connectivity index (χ4n) is 3.79. The number of aliphatic hydroxyl groups excluding tert-OH is 1. The van der Waals surface area contributed by atoms with E-state index in [1.54, 1.807) is 37.2 Å². The third-order valence-corrected chi connectivity index (χ3v) is 5.00. The van der Waals surface area contributed by atoms with E-state index in [0.717, 1.165) is 31.2 Å². The van der Waals surface area contributed by atoms with E-state index in [-0.39, 0.29) is 29.1 Å². The summed E-state index contributed by atoms with van der Waals surface area (Å²) in [5.41, 5.74) is 1.01. The number of nitrogens with zero attached hydrogens (tertiary/aromatic N) is 2. The second-order valence-corrected chi connectivity index (χ2v) is 6.97. The van der Waals surface area contributed by atoms with E-state index in [4.69, 9.17) is 0 Å². The lowest BCUT2D eigenvalue weighted by molar-refractivity contribution is -0.132. The number of pyridine rings is 1. The molecule has 1 N–H and O–H groups in total. The van der Waals surface area contributed by atoms with Gasteiger partial charge in [-0.25, -0.2) is 0 Å². The van der Waals surface area contributed by atoms with Gasteiger partial charge in [0.2, 0.25) is 0 Å². The second kappa shape index (κ2) is 6.75. The van der Waals surface area contributed by atoms with Crippen molar-refractivity contribution in [2.75, 3.05) is 0 Å². The Balaban J connectivity index is 2.06. The molecule has 1 aromatic rings. The number of amides is 1. The van der Waals surface area contributed by atoms with Crippen molar-refractivity contribution in [1.82, 2.24) is 9.88 Å². The summed E-state index contributed by atoms with van der Waals surface area (Å²) in [5.74, 6) is -1.25. The first-order valence-electron chi connectivity index (χ1n) is 8.72. The van der Waals surface area contributed by atoms with Crippen molar-refractivity contribution in [3.8, 4) is 0 Å². The third kappa shape index (κ3) is 2.83. The van der Waals surface area contributed by atoms with Crippen LogP contribution in [0.15, 0.2) is 35.9 Å². The maximum atomic E-state index is 12.8. The zero-order valence-electron chi connectivity index (χ0n) is 14.2. The summed E-state index contributed by atoms with van der Waals surface area (Å²) in [6, 6.07) is 3.21. The summed E-state index contributed by atoms with van der Waals surface area (Å²) < 4.78 is 0. The lowest BCUT2D eigenvalue weighted by atomic mass is 9.89. The lowest BCUT2D eigenvalue weighted by Gasteiger charge is -2.36. The van der Waals surface area contributed by atoms with Crippen molar-refractivity contribution in [1.29, 1.82) is 0 Å². The summed E-state index contributed by atoms with van der Waals surface area (Å²) >= 11 is 0. The van der Waals surface area contributed by atoms with Crippen molar-refractivity contribution < 1.29 is 14.7 Å². The SMILES string of the molecule is CC(C)C(=O)C1=C(O)C(=O)N(C2CCCCC2)C1c1cccnc1. The quantitative estimate of drug-likeness (QED) is 0.920. The molecule has 3 rings (SSSR count). The van der Waals surface area contributed by atoms with Crippen LogP contribution in [0, 0.1) is 5.92 Å². The molecule has 128 valence electrons. The number of rotatable bonds is 4. The molecule has 1 amide bonds. The average Bonchev–Trinajstić information content (AvgIpc) is 2.87. The maximum absolute atomic E-state index is 12.8. The molecule has 0 spiro atoms. The monoisotopic (exact) mass is 328 g/mol. The molecule has 1 fully saturated rings. The van der Waals surface area contributed by atoms with Gasteiger partial charge in [-0.2, -0.15) is 0 Å². The van der Waals surface area contributed by atoms with Crippen molar-refractivity contribution in [2.45, 2.75) is 58.0 Å². The summed E-state index contributed by atoms with van der Waals surface area (Å²) in [5, 5.41) is 10.5. The summed E-state index contributed by atoms with van der Waals surface area (Å²) in [6.45, 7) is 3.58. The highest BCUT2D eigenvalue weighted by atomic mass is 16.3. The number of hydrogen-bond donors (Lipinski definition) is 1. The molecule has 0 aromatic carbocycles. The van der Waals surface area contributed by atoms with Gasteiger partial charge in [0.25, 0.3) is 5.91 Å². The van der Waals surface area contributed by atoms with Crippen LogP contribution in [0.25, 0.3) is 0 Å². The van der Waals surface area contributed by atoms with Crippen LogP contribution in [0.4, 0.5) is 0 Å². The van der Waals surface area contributed by atoms with Gasteiger partial charge in [0, 0.05) is 24.4 Å². The van der Waals surface area contributed by atoms with Gasteiger partial charge in [-0.1, -0.05) is 39.2 Å². The van der Waals surface area contributed by atoms with Gasteiger partial charge in [-0.05, 0) is 24.5 Å². The van der Waals surface area contributed by atoms with Gasteiger partial charge in [-0.15, -0.1) is 0 Å². The fourth-order valence-corrected chi connectivity index (χ4v) is 3.79. The number of aliphatic hydroxyl groups is 1. The molecule has 1 unspecified atom stereocenters. The fraction of sp³-hybridized carbons (Fsp3) is 0.526. The number of ketones is 1. The van der Waals surface area contributed by atoms with Crippen LogP contribution in [0.2, 0.25) is 0 Å². The molecule has 5 nitrogen and oxygen atoms in total. The van der Waals surface area contributed by atoms with Crippen LogP contribution in [0.5, 0.6) is 0 Å². The lowest BCUT2D eigenvalue weighted by Crippen LogP contribution is -2.41. The molecule has 5 heteroatoms. The molecule has 2 heterocycles. The highest BCUT2D eigenvalue weighted by Crippen LogP contribution is 2.42. The van der Waals surface area contributed by atoms with Gasteiger partial charge in [0.05, 0.1) is 11.6 Å². The molecule has 1 atom stereocenters. The van der Waals surface area contributed by atoms with E-state index in [9.17, 15) is 14.7 Å². The molecule has 2 aliphatic rings. The summed E-state index contributed by atoms with van der Waals surface area (Å²) in [6.07, 6.45) is 8.49. The number of Topliss-reactive ketones (excluding diaryl/α,β-unsaturated/α-hetero) is 1. The molecule has 1 aromatic heterocycles. The molecule has 1 aliphatic heterocycles. The third-order valence-electron chi connectivity index (χ3n) is 5.00. The largest absolute Gasteiger partial charge is 0.503 e. The van der Waals surface area contributed by atoms with Crippen molar-refractivity contribution in [2.24, 2.45) is 5.92 Å². The van der Waals surface area contributed by atoms with Gasteiger partial charge in [0.15, 0.2) is 11.5 Å². The average molecular weight is 328 g/mol. The molecular weight excluding hydrogens is 304 g/mol. The van der Waals surface area contributed by atoms with Crippen LogP contribution in [-0.4, -0.2) is 32.7 Å². The Hall–Kier alpha value is -2.17. The minimum Gasteiger partial charge on any atom is -0.503 e. The zero-order chi connectivity index (χ0) is 17.3. The van der Waals surface area contributed by atoms with Crippen LogP contribution in [0.3, 0.4) is 0 Å². The van der Waals surface area contributed by atoms with Crippen LogP contribution in [-0.2, 0) is 9.59 Å². The number of carbonyl (C=O) groups is 2. The minimum atomic E-state index is -0.524. The van der Waals surface area contributed by atoms with Crippen molar-refractivity contribution in [3.63, 3.8) is 0 Å². The highest BCUT2D eigenvalue weighted by molar-refractivity contribution is 6.09. The first kappa shape index (κ1) is 16.7. The number of hydrogen-bond acceptors (Lipinski definition) is 4. The molecular formula is C19H24N2O3. The Labute approximate surface area is 142 Å². The van der Waals surface area contributed by atoms with E-state index in [1.807, 2.05) is 6.07 Å². The molecule has 1 aliphatic carbocycles. The molecule has 0 bridgehead atoms. The van der Waals surface area contributed by atoms with E-state index in [0.29, 0.717) is 0 Å². The summed E-state index contributed by atoms with van der Waals surface area (Å²) in [4.78, 5) is 31.3. The van der Waals surface area contributed by atoms with Crippen molar-refractivity contribution in [3.05, 3.63) is 41.4 Å². The van der Waals surface area contributed by atoms with Crippen molar-refractivity contribution >= 4 is 11.7 Å². The van der Waals surface area contributed by atoms with E-state index < -0.39 is 11.9 Å². The predicted molar refractivity (Wildman–Crippen MR) is 90.2 cm³/mol. The van der Waals surface area contributed by atoms with Gasteiger partial charge in [0.1, 0.15) is 0 Å². The molecule has 0 radical (unpaired) electrons. The molecule has 0 saturated heterocycles. The zero-order valence-corrected chi connectivity index (χ0v) is 14.2. The Morgan fingerprint density at radius 2 is 2.00 bits per heavy atom. The van der Waals surface area contributed by atoms with Gasteiger partial charge in [-0.3, -0.25) is 14.6 Å². The van der Waals surface area contributed by atoms with E-state index in [2.05, 4.69) is 4.98 Å². The van der Waals surface area contributed by atoms with Gasteiger partial charge >= 0.3 is 0 Å². The minimum absolute atomic E-state index is 0.0658.